The van der Waals surface area contributed by atoms with E-state index in [0.717, 1.165) is 38.5 Å². The standard InChI is InChI=1S/C17H26N2O/c1-13-10-14(11-18-15-5-6-15)4-7-16(13)19-9-3-8-17(2,20)12-19/h4,7,10,15,18,20H,3,5-6,8-9,11-12H2,1-2H3. The lowest BCUT2D eigenvalue weighted by Gasteiger charge is -2.39. The minimum atomic E-state index is -0.545. The van der Waals surface area contributed by atoms with Crippen molar-refractivity contribution >= 4 is 5.69 Å². The Labute approximate surface area is 122 Å². The van der Waals surface area contributed by atoms with Crippen LogP contribution in [-0.4, -0.2) is 29.8 Å². The molecule has 1 aliphatic heterocycles. The van der Waals surface area contributed by atoms with Crippen molar-refractivity contribution in [1.82, 2.24) is 5.32 Å². The van der Waals surface area contributed by atoms with E-state index in [1.165, 1.54) is 29.7 Å². The number of hydrogen-bond acceptors (Lipinski definition) is 3. The molecule has 1 aliphatic carbocycles. The molecule has 20 heavy (non-hydrogen) atoms. The van der Waals surface area contributed by atoms with Gasteiger partial charge < -0.3 is 15.3 Å². The molecule has 1 saturated heterocycles. The van der Waals surface area contributed by atoms with Crippen LogP contribution >= 0.6 is 0 Å². The first-order valence-corrected chi connectivity index (χ1v) is 7.84. The van der Waals surface area contributed by atoms with Crippen LogP contribution < -0.4 is 10.2 Å². The first-order chi connectivity index (χ1) is 9.53. The van der Waals surface area contributed by atoms with Crippen molar-refractivity contribution in [3.8, 4) is 0 Å². The van der Waals surface area contributed by atoms with E-state index in [9.17, 15) is 5.11 Å². The maximum absolute atomic E-state index is 10.3. The minimum absolute atomic E-state index is 0.545. The van der Waals surface area contributed by atoms with E-state index >= 15 is 0 Å². The van der Waals surface area contributed by atoms with Gasteiger partial charge in [0.1, 0.15) is 0 Å². The predicted molar refractivity (Wildman–Crippen MR) is 83.1 cm³/mol. The third kappa shape index (κ3) is 3.33. The number of nitrogens with one attached hydrogen (secondary N) is 1. The van der Waals surface area contributed by atoms with Crippen molar-refractivity contribution < 1.29 is 5.11 Å². The molecule has 3 rings (SSSR count). The Morgan fingerprint density at radius 2 is 2.20 bits per heavy atom. The van der Waals surface area contributed by atoms with Crippen molar-refractivity contribution in [2.45, 2.75) is 57.7 Å². The Balaban J connectivity index is 1.69. The van der Waals surface area contributed by atoms with Gasteiger partial charge in [0.25, 0.3) is 0 Å². The highest BCUT2D eigenvalue weighted by atomic mass is 16.3. The summed E-state index contributed by atoms with van der Waals surface area (Å²) in [7, 11) is 0. The summed E-state index contributed by atoms with van der Waals surface area (Å²) in [5, 5.41) is 13.8. The molecule has 2 fully saturated rings. The number of hydrogen-bond donors (Lipinski definition) is 2. The van der Waals surface area contributed by atoms with Gasteiger partial charge in [0.05, 0.1) is 5.60 Å². The molecular weight excluding hydrogens is 248 g/mol. The lowest BCUT2D eigenvalue weighted by Crippen LogP contribution is -2.46. The van der Waals surface area contributed by atoms with Crippen LogP contribution in [0, 0.1) is 6.92 Å². The smallest absolute Gasteiger partial charge is 0.0794 e. The molecule has 1 unspecified atom stereocenters. The zero-order chi connectivity index (χ0) is 14.2. The van der Waals surface area contributed by atoms with Crippen LogP contribution in [-0.2, 0) is 6.54 Å². The lowest BCUT2D eigenvalue weighted by molar-refractivity contribution is 0.0449. The van der Waals surface area contributed by atoms with E-state index in [4.69, 9.17) is 0 Å². The van der Waals surface area contributed by atoms with Crippen LogP contribution in [0.1, 0.15) is 43.7 Å². The molecule has 110 valence electrons. The molecule has 0 amide bonds. The molecule has 0 radical (unpaired) electrons. The molecule has 3 nitrogen and oxygen atoms in total. The largest absolute Gasteiger partial charge is 0.388 e. The van der Waals surface area contributed by atoms with Gasteiger partial charge in [-0.25, -0.2) is 0 Å². The molecule has 0 bridgehead atoms. The van der Waals surface area contributed by atoms with Gasteiger partial charge >= 0.3 is 0 Å². The van der Waals surface area contributed by atoms with E-state index in [1.807, 2.05) is 6.92 Å². The zero-order valence-electron chi connectivity index (χ0n) is 12.7. The molecule has 3 heteroatoms. The van der Waals surface area contributed by atoms with Crippen molar-refractivity contribution in [2.75, 3.05) is 18.0 Å². The highest BCUT2D eigenvalue weighted by Crippen LogP contribution is 2.29. The maximum Gasteiger partial charge on any atom is 0.0794 e. The Morgan fingerprint density at radius 1 is 1.40 bits per heavy atom. The molecule has 1 atom stereocenters. The van der Waals surface area contributed by atoms with Crippen LogP contribution in [0.2, 0.25) is 0 Å². The third-order valence-corrected chi connectivity index (χ3v) is 4.45. The van der Waals surface area contributed by atoms with Gasteiger partial charge in [0.2, 0.25) is 0 Å². The highest BCUT2D eigenvalue weighted by molar-refractivity contribution is 5.55. The number of aliphatic hydroxyl groups is 1. The summed E-state index contributed by atoms with van der Waals surface area (Å²) in [5.41, 5.74) is 3.41. The maximum atomic E-state index is 10.3. The van der Waals surface area contributed by atoms with Gasteiger partial charge in [0.15, 0.2) is 0 Å². The third-order valence-electron chi connectivity index (χ3n) is 4.45. The predicted octanol–water partition coefficient (Wildman–Crippen LogP) is 2.60. The fraction of sp³-hybridized carbons (Fsp3) is 0.647. The number of β-amino-alcohol motifs (C(OH)–C–C–N with tert-alkyl or cyclic N) is 1. The second kappa shape index (κ2) is 5.38. The Morgan fingerprint density at radius 3 is 2.85 bits per heavy atom. The van der Waals surface area contributed by atoms with Crippen LogP contribution in [0.25, 0.3) is 0 Å². The van der Waals surface area contributed by atoms with Crippen molar-refractivity contribution in [1.29, 1.82) is 0 Å². The summed E-state index contributed by atoms with van der Waals surface area (Å²) in [6, 6.07) is 7.49. The summed E-state index contributed by atoms with van der Waals surface area (Å²) in [6.07, 6.45) is 4.64. The number of nitrogens with zero attached hydrogens (tertiary/aromatic N) is 1. The first-order valence-electron chi connectivity index (χ1n) is 7.84. The number of rotatable bonds is 4. The molecular formula is C17H26N2O. The Kier molecular flexibility index (Phi) is 3.74. The molecule has 2 aliphatic rings. The topological polar surface area (TPSA) is 35.5 Å². The normalized spacial score (nSPS) is 26.9. The Bertz CT molecular complexity index is 480. The number of anilines is 1. The first kappa shape index (κ1) is 13.9. The molecule has 1 aromatic carbocycles. The van der Waals surface area contributed by atoms with Gasteiger partial charge in [-0.3, -0.25) is 0 Å². The number of benzene rings is 1. The van der Waals surface area contributed by atoms with E-state index in [0.29, 0.717) is 0 Å². The van der Waals surface area contributed by atoms with Crippen molar-refractivity contribution in [3.05, 3.63) is 29.3 Å². The molecule has 2 N–H and O–H groups in total. The van der Waals surface area contributed by atoms with Gasteiger partial charge in [-0.05, 0) is 56.7 Å². The van der Waals surface area contributed by atoms with Crippen LogP contribution in [0.5, 0.6) is 0 Å². The van der Waals surface area contributed by atoms with E-state index < -0.39 is 5.60 Å². The molecule has 0 spiro atoms. The fourth-order valence-corrected chi connectivity index (χ4v) is 3.16. The number of piperidine rings is 1. The summed E-state index contributed by atoms with van der Waals surface area (Å²) in [6.45, 7) is 6.90. The molecule has 1 saturated carbocycles. The van der Waals surface area contributed by atoms with Crippen molar-refractivity contribution in [2.24, 2.45) is 0 Å². The van der Waals surface area contributed by atoms with Crippen LogP contribution in [0.3, 0.4) is 0 Å². The monoisotopic (exact) mass is 274 g/mol. The summed E-state index contributed by atoms with van der Waals surface area (Å²) < 4.78 is 0. The van der Waals surface area contributed by atoms with Gasteiger partial charge in [-0.2, -0.15) is 0 Å². The second-order valence-electron chi connectivity index (χ2n) is 6.80. The fourth-order valence-electron chi connectivity index (χ4n) is 3.16. The van der Waals surface area contributed by atoms with Gasteiger partial charge in [-0.1, -0.05) is 12.1 Å². The van der Waals surface area contributed by atoms with E-state index in [1.54, 1.807) is 0 Å². The minimum Gasteiger partial charge on any atom is -0.388 e. The number of aryl methyl sites for hydroxylation is 1. The second-order valence-corrected chi connectivity index (χ2v) is 6.80. The summed E-state index contributed by atoms with van der Waals surface area (Å²) in [4.78, 5) is 2.33. The van der Waals surface area contributed by atoms with E-state index in [-0.39, 0.29) is 0 Å². The quantitative estimate of drug-likeness (QED) is 0.886. The highest BCUT2D eigenvalue weighted by Gasteiger charge is 2.29. The molecule has 1 heterocycles. The summed E-state index contributed by atoms with van der Waals surface area (Å²) >= 11 is 0. The zero-order valence-corrected chi connectivity index (χ0v) is 12.7. The molecule has 0 aromatic heterocycles. The van der Waals surface area contributed by atoms with Gasteiger partial charge in [-0.15, -0.1) is 0 Å². The van der Waals surface area contributed by atoms with Crippen molar-refractivity contribution in [3.63, 3.8) is 0 Å². The van der Waals surface area contributed by atoms with Gasteiger partial charge in [0, 0.05) is 31.4 Å². The average molecular weight is 274 g/mol. The Hall–Kier alpha value is -1.06. The molecule has 1 aromatic rings. The SMILES string of the molecule is Cc1cc(CNC2CC2)ccc1N1CCCC(C)(O)C1. The van der Waals surface area contributed by atoms with Crippen LogP contribution in [0.4, 0.5) is 5.69 Å². The van der Waals surface area contributed by atoms with Crippen LogP contribution in [0.15, 0.2) is 18.2 Å². The summed E-state index contributed by atoms with van der Waals surface area (Å²) in [5.74, 6) is 0. The lowest BCUT2D eigenvalue weighted by atomic mass is 9.94. The average Bonchev–Trinajstić information content (AvgIpc) is 3.19. The van der Waals surface area contributed by atoms with E-state index in [2.05, 4.69) is 35.3 Å².